The minimum absolute atomic E-state index is 0.157. The molecular weight excluding hydrogens is 286 g/mol. The fraction of sp³-hybridized carbons (Fsp3) is 0.474. The molecular formula is C19H25N3O. The smallest absolute Gasteiger partial charge is 0.124 e. The van der Waals surface area contributed by atoms with Gasteiger partial charge in [0, 0.05) is 36.7 Å². The molecule has 0 amide bonds. The lowest BCUT2D eigenvalue weighted by Crippen LogP contribution is -2.20. The van der Waals surface area contributed by atoms with Gasteiger partial charge in [-0.2, -0.15) is 0 Å². The van der Waals surface area contributed by atoms with Gasteiger partial charge < -0.3 is 10.1 Å². The fourth-order valence-corrected chi connectivity index (χ4v) is 3.01. The second-order valence-electron chi connectivity index (χ2n) is 6.37. The van der Waals surface area contributed by atoms with E-state index in [1.54, 1.807) is 12.4 Å². The predicted molar refractivity (Wildman–Crippen MR) is 91.3 cm³/mol. The summed E-state index contributed by atoms with van der Waals surface area (Å²) in [5.74, 6) is 1.02. The number of rotatable bonds is 6. The maximum Gasteiger partial charge on any atom is 0.124 e. The Bertz CT molecular complexity index is 624. The van der Waals surface area contributed by atoms with Crippen molar-refractivity contribution in [1.29, 1.82) is 0 Å². The lowest BCUT2D eigenvalue weighted by Gasteiger charge is -2.19. The molecule has 23 heavy (non-hydrogen) atoms. The van der Waals surface area contributed by atoms with Gasteiger partial charge in [0.1, 0.15) is 5.75 Å². The molecule has 0 saturated heterocycles. The molecule has 2 aromatic rings. The maximum absolute atomic E-state index is 6.26. The van der Waals surface area contributed by atoms with E-state index in [4.69, 9.17) is 4.74 Å². The van der Waals surface area contributed by atoms with Crippen LogP contribution in [0.25, 0.3) is 0 Å². The number of aromatic nitrogens is 2. The van der Waals surface area contributed by atoms with E-state index in [1.165, 1.54) is 36.8 Å². The normalized spacial score (nSPS) is 16.4. The molecule has 0 radical (unpaired) electrons. The van der Waals surface area contributed by atoms with E-state index >= 15 is 0 Å². The van der Waals surface area contributed by atoms with Crippen LogP contribution in [0.4, 0.5) is 0 Å². The first kappa shape index (κ1) is 15.9. The van der Waals surface area contributed by atoms with Gasteiger partial charge in [0.05, 0.1) is 11.8 Å². The molecule has 1 aliphatic carbocycles. The SMILES string of the molecule is Cc1ccc(CNC(C)c2cnccn2)c(OC2CCCC2)c1. The molecule has 3 rings (SSSR count). The molecule has 4 nitrogen and oxygen atoms in total. The Morgan fingerprint density at radius 2 is 2.09 bits per heavy atom. The van der Waals surface area contributed by atoms with E-state index in [-0.39, 0.29) is 6.04 Å². The van der Waals surface area contributed by atoms with Crippen molar-refractivity contribution >= 4 is 0 Å². The Morgan fingerprint density at radius 3 is 2.83 bits per heavy atom. The lowest BCUT2D eigenvalue weighted by molar-refractivity contribution is 0.207. The van der Waals surface area contributed by atoms with Crippen molar-refractivity contribution in [2.24, 2.45) is 0 Å². The number of nitrogens with zero attached hydrogens (tertiary/aromatic N) is 2. The summed E-state index contributed by atoms with van der Waals surface area (Å²) < 4.78 is 6.26. The topological polar surface area (TPSA) is 47.0 Å². The third kappa shape index (κ3) is 4.29. The zero-order chi connectivity index (χ0) is 16.1. The van der Waals surface area contributed by atoms with E-state index in [1.807, 2.05) is 6.20 Å². The molecule has 122 valence electrons. The Morgan fingerprint density at radius 1 is 1.26 bits per heavy atom. The highest BCUT2D eigenvalue weighted by molar-refractivity contribution is 5.37. The van der Waals surface area contributed by atoms with Crippen molar-refractivity contribution < 1.29 is 4.74 Å². The van der Waals surface area contributed by atoms with Gasteiger partial charge in [-0.1, -0.05) is 12.1 Å². The zero-order valence-electron chi connectivity index (χ0n) is 14.0. The third-order valence-corrected chi connectivity index (χ3v) is 4.44. The predicted octanol–water partition coefficient (Wildman–Crippen LogP) is 3.96. The molecule has 1 heterocycles. The van der Waals surface area contributed by atoms with Crippen LogP contribution in [0, 0.1) is 6.92 Å². The van der Waals surface area contributed by atoms with Crippen LogP contribution in [0.2, 0.25) is 0 Å². The number of nitrogens with one attached hydrogen (secondary N) is 1. The highest BCUT2D eigenvalue weighted by Crippen LogP contribution is 2.28. The number of aryl methyl sites for hydroxylation is 1. The van der Waals surface area contributed by atoms with Crippen molar-refractivity contribution in [1.82, 2.24) is 15.3 Å². The van der Waals surface area contributed by atoms with Crippen LogP contribution in [-0.4, -0.2) is 16.1 Å². The van der Waals surface area contributed by atoms with E-state index in [9.17, 15) is 0 Å². The van der Waals surface area contributed by atoms with Crippen molar-refractivity contribution in [3.8, 4) is 5.75 Å². The molecule has 1 fully saturated rings. The fourth-order valence-electron chi connectivity index (χ4n) is 3.01. The van der Waals surface area contributed by atoms with Crippen LogP contribution in [0.3, 0.4) is 0 Å². The first-order valence-corrected chi connectivity index (χ1v) is 8.48. The number of ether oxygens (including phenoxy) is 1. The van der Waals surface area contributed by atoms with Crippen molar-refractivity contribution in [3.63, 3.8) is 0 Å². The minimum Gasteiger partial charge on any atom is -0.490 e. The summed E-state index contributed by atoms with van der Waals surface area (Å²) in [5.41, 5.74) is 3.40. The standard InChI is InChI=1S/C19H25N3O/c1-14-7-8-16(19(11-14)23-17-5-3-4-6-17)12-22-15(2)18-13-20-9-10-21-18/h7-11,13,15,17,22H,3-6,12H2,1-2H3. The molecule has 1 unspecified atom stereocenters. The molecule has 1 aliphatic rings. The van der Waals surface area contributed by atoms with Crippen molar-refractivity contribution in [2.45, 2.75) is 58.2 Å². The minimum atomic E-state index is 0.157. The Kier molecular flexibility index (Phi) is 5.23. The Hall–Kier alpha value is -1.94. The summed E-state index contributed by atoms with van der Waals surface area (Å²) in [7, 11) is 0. The van der Waals surface area contributed by atoms with Gasteiger partial charge in [-0.3, -0.25) is 9.97 Å². The zero-order valence-corrected chi connectivity index (χ0v) is 14.0. The quantitative estimate of drug-likeness (QED) is 0.877. The average molecular weight is 311 g/mol. The van der Waals surface area contributed by atoms with Gasteiger partial charge in [0.25, 0.3) is 0 Å². The first-order chi connectivity index (χ1) is 11.2. The third-order valence-electron chi connectivity index (χ3n) is 4.44. The molecule has 1 N–H and O–H groups in total. The lowest BCUT2D eigenvalue weighted by atomic mass is 10.1. The van der Waals surface area contributed by atoms with Crippen LogP contribution >= 0.6 is 0 Å². The van der Waals surface area contributed by atoms with Gasteiger partial charge in [0.2, 0.25) is 0 Å². The summed E-state index contributed by atoms with van der Waals surface area (Å²) in [4.78, 5) is 8.49. The number of hydrogen-bond donors (Lipinski definition) is 1. The Balaban J connectivity index is 1.66. The highest BCUT2D eigenvalue weighted by Gasteiger charge is 2.18. The highest BCUT2D eigenvalue weighted by atomic mass is 16.5. The largest absolute Gasteiger partial charge is 0.490 e. The van der Waals surface area contributed by atoms with Crippen LogP contribution in [-0.2, 0) is 6.54 Å². The summed E-state index contributed by atoms with van der Waals surface area (Å²) in [6.45, 7) is 4.98. The monoisotopic (exact) mass is 311 g/mol. The number of hydrogen-bond acceptors (Lipinski definition) is 4. The summed E-state index contributed by atoms with van der Waals surface area (Å²) in [6.07, 6.45) is 10.5. The molecule has 4 heteroatoms. The van der Waals surface area contributed by atoms with Crippen LogP contribution in [0.5, 0.6) is 5.75 Å². The maximum atomic E-state index is 6.26. The summed E-state index contributed by atoms with van der Waals surface area (Å²) in [6, 6.07) is 6.62. The van der Waals surface area contributed by atoms with Crippen molar-refractivity contribution in [3.05, 3.63) is 53.6 Å². The molecule has 0 bridgehead atoms. The van der Waals surface area contributed by atoms with Crippen molar-refractivity contribution in [2.75, 3.05) is 0 Å². The van der Waals surface area contributed by atoms with Gasteiger partial charge in [-0.05, 0) is 51.2 Å². The van der Waals surface area contributed by atoms with Crippen LogP contribution in [0.15, 0.2) is 36.8 Å². The second-order valence-corrected chi connectivity index (χ2v) is 6.37. The molecule has 1 aromatic heterocycles. The van der Waals surface area contributed by atoms with E-state index < -0.39 is 0 Å². The molecule has 1 aromatic carbocycles. The van der Waals surface area contributed by atoms with Crippen LogP contribution < -0.4 is 10.1 Å². The molecule has 1 saturated carbocycles. The first-order valence-electron chi connectivity index (χ1n) is 8.48. The average Bonchev–Trinajstić information content (AvgIpc) is 3.08. The second kappa shape index (κ2) is 7.55. The van der Waals surface area contributed by atoms with Gasteiger partial charge >= 0.3 is 0 Å². The molecule has 1 atom stereocenters. The molecule has 0 spiro atoms. The van der Waals surface area contributed by atoms with E-state index in [0.29, 0.717) is 6.10 Å². The van der Waals surface area contributed by atoms with E-state index in [0.717, 1.165) is 18.0 Å². The Labute approximate surface area is 138 Å². The number of benzene rings is 1. The molecule has 0 aliphatic heterocycles. The van der Waals surface area contributed by atoms with Gasteiger partial charge in [-0.15, -0.1) is 0 Å². The van der Waals surface area contributed by atoms with E-state index in [2.05, 4.69) is 47.3 Å². The van der Waals surface area contributed by atoms with Gasteiger partial charge in [0.15, 0.2) is 0 Å². The van der Waals surface area contributed by atoms with Gasteiger partial charge in [-0.25, -0.2) is 0 Å². The van der Waals surface area contributed by atoms with Crippen LogP contribution in [0.1, 0.15) is 55.5 Å². The summed E-state index contributed by atoms with van der Waals surface area (Å²) >= 11 is 0. The summed E-state index contributed by atoms with van der Waals surface area (Å²) in [5, 5.41) is 3.52.